The van der Waals surface area contributed by atoms with Crippen molar-refractivity contribution in [1.29, 1.82) is 0 Å². The molecule has 1 aliphatic heterocycles. The number of amides is 2. The maximum Gasteiger partial charge on any atom is 0.242 e. The molecule has 3 rings (SSSR count). The van der Waals surface area contributed by atoms with Gasteiger partial charge in [0.2, 0.25) is 11.8 Å². The molecule has 7 heteroatoms. The van der Waals surface area contributed by atoms with Crippen LogP contribution in [0.2, 0.25) is 0 Å². The Balaban J connectivity index is 1.75. The molecular formula is C24H29FN2O3S. The molecule has 5 nitrogen and oxygen atoms in total. The lowest BCUT2D eigenvalue weighted by Gasteiger charge is -2.37. The summed E-state index contributed by atoms with van der Waals surface area (Å²) in [6.07, 6.45) is 2.83. The molecule has 0 saturated carbocycles. The maximum atomic E-state index is 13.3. The molecule has 0 fully saturated rings. The van der Waals surface area contributed by atoms with Crippen LogP contribution in [-0.2, 0) is 16.0 Å². The molecule has 1 aromatic carbocycles. The van der Waals surface area contributed by atoms with Gasteiger partial charge in [-0.15, -0.1) is 17.9 Å². The fraction of sp³-hybridized carbons (Fsp3) is 0.417. The molecule has 1 aromatic heterocycles. The molecule has 1 aliphatic rings. The first-order chi connectivity index (χ1) is 14.9. The molecular weight excluding hydrogens is 415 g/mol. The normalized spacial score (nSPS) is 15.5. The third-order valence-electron chi connectivity index (χ3n) is 5.25. The zero-order valence-electron chi connectivity index (χ0n) is 18.1. The van der Waals surface area contributed by atoms with Crippen molar-refractivity contribution in [2.75, 3.05) is 26.2 Å². The van der Waals surface area contributed by atoms with Gasteiger partial charge in [0.15, 0.2) is 0 Å². The number of halogens is 1. The third kappa shape index (κ3) is 5.94. The Labute approximate surface area is 187 Å². The first-order valence-electron chi connectivity index (χ1n) is 10.5. The van der Waals surface area contributed by atoms with Crippen LogP contribution in [-0.4, -0.2) is 47.9 Å². The van der Waals surface area contributed by atoms with E-state index in [0.29, 0.717) is 25.3 Å². The molecule has 2 heterocycles. The summed E-state index contributed by atoms with van der Waals surface area (Å²) in [7, 11) is 0. The highest BCUT2D eigenvalue weighted by atomic mass is 32.1. The summed E-state index contributed by atoms with van der Waals surface area (Å²) >= 11 is 1.68. The highest BCUT2D eigenvalue weighted by molar-refractivity contribution is 7.10. The Morgan fingerprint density at radius 1 is 1.32 bits per heavy atom. The number of rotatable bonds is 9. The molecule has 0 N–H and O–H groups in total. The van der Waals surface area contributed by atoms with E-state index in [4.69, 9.17) is 4.74 Å². The molecule has 0 saturated heterocycles. The molecule has 166 valence electrons. The van der Waals surface area contributed by atoms with E-state index in [1.54, 1.807) is 39.3 Å². The van der Waals surface area contributed by atoms with E-state index in [9.17, 15) is 14.0 Å². The number of hydrogen-bond donors (Lipinski definition) is 0. The van der Waals surface area contributed by atoms with Crippen molar-refractivity contribution < 1.29 is 18.7 Å². The number of nitrogens with zero attached hydrogens (tertiary/aromatic N) is 2. The molecule has 0 aliphatic carbocycles. The minimum absolute atomic E-state index is 0.0179. The van der Waals surface area contributed by atoms with Crippen molar-refractivity contribution in [3.05, 3.63) is 64.6 Å². The summed E-state index contributed by atoms with van der Waals surface area (Å²) in [6.45, 7) is 8.89. The lowest BCUT2D eigenvalue weighted by Crippen LogP contribution is -2.48. The standard InChI is InChI=1S/C24H29FN2O3S/c1-4-11-26(23(28)14-17(2)3)15-24(29)27-12-9-22-20(10-13-31-22)21(27)16-30-19-7-5-18(25)6-8-19/h4-8,10,13,17,21H,1,9,11-12,14-16H2,2-3H3. The fourth-order valence-electron chi connectivity index (χ4n) is 3.72. The Kier molecular flexibility index (Phi) is 7.85. The summed E-state index contributed by atoms with van der Waals surface area (Å²) in [4.78, 5) is 30.5. The van der Waals surface area contributed by atoms with Gasteiger partial charge in [0.1, 0.15) is 24.7 Å². The Morgan fingerprint density at radius 3 is 2.74 bits per heavy atom. The number of benzene rings is 1. The van der Waals surface area contributed by atoms with Gasteiger partial charge in [-0.25, -0.2) is 4.39 Å². The van der Waals surface area contributed by atoms with Gasteiger partial charge in [-0.05, 0) is 53.6 Å². The maximum absolute atomic E-state index is 13.3. The van der Waals surface area contributed by atoms with Crippen LogP contribution in [0.1, 0.15) is 36.8 Å². The summed E-state index contributed by atoms with van der Waals surface area (Å²) < 4.78 is 19.1. The monoisotopic (exact) mass is 444 g/mol. The first-order valence-corrected chi connectivity index (χ1v) is 11.4. The van der Waals surface area contributed by atoms with Crippen LogP contribution in [0, 0.1) is 11.7 Å². The molecule has 31 heavy (non-hydrogen) atoms. The van der Waals surface area contributed by atoms with E-state index in [0.717, 1.165) is 12.0 Å². The van der Waals surface area contributed by atoms with E-state index in [-0.39, 0.29) is 42.7 Å². The number of carbonyl (C=O) groups excluding carboxylic acids is 2. The van der Waals surface area contributed by atoms with Gasteiger partial charge in [0.05, 0.1) is 6.04 Å². The van der Waals surface area contributed by atoms with Crippen LogP contribution < -0.4 is 4.74 Å². The number of carbonyl (C=O) groups is 2. The molecule has 2 amide bonds. The predicted octanol–water partition coefficient (Wildman–Crippen LogP) is 4.45. The Hall–Kier alpha value is -2.67. The minimum atomic E-state index is -0.324. The topological polar surface area (TPSA) is 49.9 Å². The minimum Gasteiger partial charge on any atom is -0.491 e. The second-order valence-corrected chi connectivity index (χ2v) is 9.08. The molecule has 2 aromatic rings. The highest BCUT2D eigenvalue weighted by Gasteiger charge is 2.33. The van der Waals surface area contributed by atoms with Crippen molar-refractivity contribution in [2.24, 2.45) is 5.92 Å². The van der Waals surface area contributed by atoms with E-state index < -0.39 is 0 Å². The SMILES string of the molecule is C=CCN(CC(=O)N1CCc2sccc2C1COc1ccc(F)cc1)C(=O)CC(C)C. The number of thiophene rings is 1. The van der Waals surface area contributed by atoms with Gasteiger partial charge in [0.25, 0.3) is 0 Å². The molecule has 1 atom stereocenters. The largest absolute Gasteiger partial charge is 0.491 e. The van der Waals surface area contributed by atoms with E-state index in [1.807, 2.05) is 25.3 Å². The quantitative estimate of drug-likeness (QED) is 0.537. The molecule has 0 bridgehead atoms. The van der Waals surface area contributed by atoms with Crippen LogP contribution in [0.25, 0.3) is 0 Å². The van der Waals surface area contributed by atoms with Crippen LogP contribution in [0.15, 0.2) is 48.4 Å². The lowest BCUT2D eigenvalue weighted by atomic mass is 10.0. The summed E-state index contributed by atoms with van der Waals surface area (Å²) in [5, 5.41) is 2.03. The smallest absolute Gasteiger partial charge is 0.242 e. The van der Waals surface area contributed by atoms with Crippen molar-refractivity contribution in [3.8, 4) is 5.75 Å². The number of hydrogen-bond acceptors (Lipinski definition) is 4. The van der Waals surface area contributed by atoms with Crippen molar-refractivity contribution >= 4 is 23.2 Å². The van der Waals surface area contributed by atoms with Crippen molar-refractivity contribution in [1.82, 2.24) is 9.80 Å². The van der Waals surface area contributed by atoms with E-state index in [1.165, 1.54) is 17.0 Å². The fourth-order valence-corrected chi connectivity index (χ4v) is 4.65. The average Bonchev–Trinajstić information content (AvgIpc) is 3.21. The summed E-state index contributed by atoms with van der Waals surface area (Å²) in [5.41, 5.74) is 1.08. The van der Waals surface area contributed by atoms with Crippen molar-refractivity contribution in [2.45, 2.75) is 32.7 Å². The van der Waals surface area contributed by atoms with E-state index >= 15 is 0 Å². The number of fused-ring (bicyclic) bond motifs is 1. The van der Waals surface area contributed by atoms with Gasteiger partial charge in [-0.1, -0.05) is 19.9 Å². The van der Waals surface area contributed by atoms with Crippen LogP contribution >= 0.6 is 11.3 Å². The Bertz CT molecular complexity index is 910. The predicted molar refractivity (Wildman–Crippen MR) is 121 cm³/mol. The Morgan fingerprint density at radius 2 is 2.06 bits per heavy atom. The van der Waals surface area contributed by atoms with Crippen LogP contribution in [0.4, 0.5) is 4.39 Å². The average molecular weight is 445 g/mol. The first kappa shape index (κ1) is 23.0. The second kappa shape index (κ2) is 10.6. The van der Waals surface area contributed by atoms with Gasteiger partial charge < -0.3 is 14.5 Å². The summed E-state index contributed by atoms with van der Waals surface area (Å²) in [5.74, 6) is 0.293. The van der Waals surface area contributed by atoms with E-state index in [2.05, 4.69) is 6.58 Å². The van der Waals surface area contributed by atoms with Crippen molar-refractivity contribution in [3.63, 3.8) is 0 Å². The van der Waals surface area contributed by atoms with Gasteiger partial charge in [-0.3, -0.25) is 9.59 Å². The van der Waals surface area contributed by atoms with Gasteiger partial charge in [0, 0.05) is 24.4 Å². The second-order valence-electron chi connectivity index (χ2n) is 8.08. The third-order valence-corrected chi connectivity index (χ3v) is 6.24. The van der Waals surface area contributed by atoms with Gasteiger partial charge in [-0.2, -0.15) is 0 Å². The number of ether oxygens (including phenoxy) is 1. The molecule has 0 spiro atoms. The molecule has 0 radical (unpaired) electrons. The van der Waals surface area contributed by atoms with Crippen LogP contribution in [0.5, 0.6) is 5.75 Å². The lowest BCUT2D eigenvalue weighted by molar-refractivity contribution is -0.142. The zero-order valence-corrected chi connectivity index (χ0v) is 18.9. The van der Waals surface area contributed by atoms with Crippen LogP contribution in [0.3, 0.4) is 0 Å². The molecule has 1 unspecified atom stereocenters. The zero-order chi connectivity index (χ0) is 22.4. The van der Waals surface area contributed by atoms with Gasteiger partial charge >= 0.3 is 0 Å². The highest BCUT2D eigenvalue weighted by Crippen LogP contribution is 2.34. The summed E-state index contributed by atoms with van der Waals surface area (Å²) in [6, 6.07) is 7.64.